The van der Waals surface area contributed by atoms with Gasteiger partial charge in [0.2, 0.25) is 5.91 Å². The molecule has 0 saturated carbocycles. The fraction of sp³-hybridized carbons (Fsp3) is 0.464. The monoisotopic (exact) mass is 480 g/mol. The molecule has 0 fully saturated rings. The Kier molecular flexibility index (Phi) is 8.54. The Morgan fingerprint density at radius 1 is 1.00 bits per heavy atom. The van der Waals surface area contributed by atoms with Gasteiger partial charge in [-0.25, -0.2) is 9.59 Å². The molecule has 0 aromatic heterocycles. The second-order valence-electron chi connectivity index (χ2n) is 9.93. The number of carbonyl (C=O) groups is 3. The van der Waals surface area contributed by atoms with Crippen LogP contribution in [0.2, 0.25) is 0 Å². The summed E-state index contributed by atoms with van der Waals surface area (Å²) >= 11 is 0. The van der Waals surface area contributed by atoms with Crippen LogP contribution in [0.4, 0.5) is 4.79 Å². The van der Waals surface area contributed by atoms with Gasteiger partial charge in [-0.2, -0.15) is 0 Å². The molecule has 0 radical (unpaired) electrons. The third-order valence-corrected chi connectivity index (χ3v) is 6.93. The molecule has 0 heterocycles. The quantitative estimate of drug-likeness (QED) is 0.422. The fourth-order valence-corrected chi connectivity index (χ4v) is 4.37. The van der Waals surface area contributed by atoms with Crippen molar-refractivity contribution in [3.63, 3.8) is 0 Å². The molecule has 0 spiro atoms. The average molecular weight is 481 g/mol. The van der Waals surface area contributed by atoms with Crippen molar-refractivity contribution in [3.8, 4) is 11.1 Å². The van der Waals surface area contributed by atoms with Gasteiger partial charge < -0.3 is 20.5 Å². The number of carbonyl (C=O) groups excluding carboxylic acids is 2. The molecule has 2 unspecified atom stereocenters. The predicted octanol–water partition coefficient (Wildman–Crippen LogP) is 4.95. The highest BCUT2D eigenvalue weighted by atomic mass is 16.5. The molecule has 0 bridgehead atoms. The van der Waals surface area contributed by atoms with E-state index in [1.165, 1.54) is 0 Å². The van der Waals surface area contributed by atoms with E-state index in [1.54, 1.807) is 6.92 Å². The number of alkyl carbamates (subject to hydrolysis) is 1. The van der Waals surface area contributed by atoms with Crippen molar-refractivity contribution >= 4 is 18.0 Å². The summed E-state index contributed by atoms with van der Waals surface area (Å²) < 4.78 is 5.57. The normalized spacial score (nSPS) is 15.0. The number of ether oxygens (including phenoxy) is 1. The van der Waals surface area contributed by atoms with Crippen molar-refractivity contribution < 1.29 is 24.2 Å². The van der Waals surface area contributed by atoms with Crippen molar-refractivity contribution in [2.24, 2.45) is 11.3 Å². The van der Waals surface area contributed by atoms with Crippen molar-refractivity contribution in [2.75, 3.05) is 13.2 Å². The SMILES string of the molecule is CCC(C)(CNC(=O)OCC1c2ccccc2-c2ccccc21)C(=O)NC(CCC(C)C)C(=O)O. The molecule has 3 rings (SSSR count). The molecule has 3 N–H and O–H groups in total. The lowest BCUT2D eigenvalue weighted by Gasteiger charge is -2.29. The van der Waals surface area contributed by atoms with E-state index in [2.05, 4.69) is 34.9 Å². The zero-order chi connectivity index (χ0) is 25.6. The number of carboxylic acid groups (broad SMARTS) is 1. The van der Waals surface area contributed by atoms with Gasteiger partial charge >= 0.3 is 12.1 Å². The van der Waals surface area contributed by atoms with Crippen molar-refractivity contribution in [1.29, 1.82) is 0 Å². The summed E-state index contributed by atoms with van der Waals surface area (Å²) in [6, 6.07) is 15.3. The summed E-state index contributed by atoms with van der Waals surface area (Å²) in [5.74, 6) is -1.16. The number of benzene rings is 2. The average Bonchev–Trinajstić information content (AvgIpc) is 3.17. The van der Waals surface area contributed by atoms with Crippen LogP contribution in [0.15, 0.2) is 48.5 Å². The highest BCUT2D eigenvalue weighted by molar-refractivity contribution is 5.87. The minimum Gasteiger partial charge on any atom is -0.480 e. The molecule has 1 aliphatic rings. The maximum absolute atomic E-state index is 12.9. The molecule has 2 aromatic rings. The molecule has 2 amide bonds. The first kappa shape index (κ1) is 26.3. The second-order valence-corrected chi connectivity index (χ2v) is 9.93. The Balaban J connectivity index is 1.58. The van der Waals surface area contributed by atoms with E-state index in [0.717, 1.165) is 22.3 Å². The van der Waals surface area contributed by atoms with E-state index >= 15 is 0 Å². The van der Waals surface area contributed by atoms with Gasteiger partial charge in [0.05, 0.1) is 5.41 Å². The smallest absolute Gasteiger partial charge is 0.407 e. The first-order valence-corrected chi connectivity index (χ1v) is 12.3. The van der Waals surface area contributed by atoms with Crippen LogP contribution in [-0.4, -0.2) is 42.3 Å². The lowest BCUT2D eigenvalue weighted by Crippen LogP contribution is -2.51. The van der Waals surface area contributed by atoms with Crippen molar-refractivity contribution in [3.05, 3.63) is 59.7 Å². The van der Waals surface area contributed by atoms with Gasteiger partial charge in [0.15, 0.2) is 0 Å². The highest BCUT2D eigenvalue weighted by Gasteiger charge is 2.35. The second kappa shape index (κ2) is 11.4. The van der Waals surface area contributed by atoms with Gasteiger partial charge in [0, 0.05) is 12.5 Å². The summed E-state index contributed by atoms with van der Waals surface area (Å²) in [5, 5.41) is 14.9. The summed E-state index contributed by atoms with van der Waals surface area (Å²) in [4.78, 5) is 37.1. The van der Waals surface area contributed by atoms with Gasteiger partial charge in [0.1, 0.15) is 12.6 Å². The Hall–Kier alpha value is -3.35. The molecular formula is C28H36N2O5. The fourth-order valence-electron chi connectivity index (χ4n) is 4.37. The minimum absolute atomic E-state index is 0.0442. The molecule has 1 aliphatic carbocycles. The Bertz CT molecular complexity index is 1020. The summed E-state index contributed by atoms with van der Waals surface area (Å²) in [6.07, 6.45) is 0.879. The number of aliphatic carboxylic acids is 1. The maximum Gasteiger partial charge on any atom is 0.407 e. The number of hydrogen-bond acceptors (Lipinski definition) is 4. The van der Waals surface area contributed by atoms with Crippen LogP contribution in [0.5, 0.6) is 0 Å². The molecule has 188 valence electrons. The Labute approximate surface area is 207 Å². The molecule has 0 aliphatic heterocycles. The molecule has 2 atom stereocenters. The Morgan fingerprint density at radius 3 is 2.09 bits per heavy atom. The predicted molar refractivity (Wildman–Crippen MR) is 135 cm³/mol. The van der Waals surface area contributed by atoms with Crippen LogP contribution in [-0.2, 0) is 14.3 Å². The lowest BCUT2D eigenvalue weighted by atomic mass is 9.86. The summed E-state index contributed by atoms with van der Waals surface area (Å²) in [7, 11) is 0. The van der Waals surface area contributed by atoms with Gasteiger partial charge in [-0.15, -0.1) is 0 Å². The number of nitrogens with one attached hydrogen (secondary N) is 2. The van der Waals surface area contributed by atoms with E-state index in [9.17, 15) is 19.5 Å². The standard InChI is InChI=1S/C28H36N2O5/c1-5-28(4,26(33)30-24(25(31)32)15-14-18(2)3)17-29-27(34)35-16-23-21-12-8-6-10-19(21)20-11-7-9-13-22(20)23/h6-13,18,23-24H,5,14-17H2,1-4H3,(H,29,34)(H,30,33)(H,31,32). The van der Waals surface area contributed by atoms with Crippen molar-refractivity contribution in [2.45, 2.75) is 58.9 Å². The van der Waals surface area contributed by atoms with Crippen LogP contribution in [0.3, 0.4) is 0 Å². The zero-order valence-electron chi connectivity index (χ0n) is 21.0. The molecule has 7 nitrogen and oxygen atoms in total. The molecule has 2 aromatic carbocycles. The van der Waals surface area contributed by atoms with E-state index in [1.807, 2.05) is 45.0 Å². The van der Waals surface area contributed by atoms with E-state index in [-0.39, 0.29) is 19.1 Å². The third-order valence-electron chi connectivity index (χ3n) is 6.93. The number of rotatable bonds is 11. The van der Waals surface area contributed by atoms with Crippen LogP contribution in [0.25, 0.3) is 11.1 Å². The molecule has 7 heteroatoms. The number of amides is 2. The molecular weight excluding hydrogens is 444 g/mol. The number of fused-ring (bicyclic) bond motifs is 3. The van der Waals surface area contributed by atoms with Crippen molar-refractivity contribution in [1.82, 2.24) is 10.6 Å². The van der Waals surface area contributed by atoms with Gasteiger partial charge in [-0.1, -0.05) is 69.3 Å². The summed E-state index contributed by atoms with van der Waals surface area (Å²) in [6.45, 7) is 7.80. The first-order valence-electron chi connectivity index (χ1n) is 12.3. The highest BCUT2D eigenvalue weighted by Crippen LogP contribution is 2.44. The number of hydrogen-bond donors (Lipinski definition) is 3. The zero-order valence-corrected chi connectivity index (χ0v) is 21.0. The van der Waals surface area contributed by atoms with E-state index in [0.29, 0.717) is 25.2 Å². The van der Waals surface area contributed by atoms with Gasteiger partial charge in [0.25, 0.3) is 0 Å². The summed E-state index contributed by atoms with van der Waals surface area (Å²) in [5.41, 5.74) is 3.59. The Morgan fingerprint density at radius 2 is 1.57 bits per heavy atom. The van der Waals surface area contributed by atoms with Crippen LogP contribution >= 0.6 is 0 Å². The topological polar surface area (TPSA) is 105 Å². The van der Waals surface area contributed by atoms with E-state index < -0.39 is 29.4 Å². The van der Waals surface area contributed by atoms with Crippen LogP contribution in [0.1, 0.15) is 64.0 Å². The van der Waals surface area contributed by atoms with E-state index in [4.69, 9.17) is 4.74 Å². The maximum atomic E-state index is 12.9. The number of carboxylic acids is 1. The lowest BCUT2D eigenvalue weighted by molar-refractivity contribution is -0.144. The third kappa shape index (κ3) is 6.21. The molecule has 35 heavy (non-hydrogen) atoms. The van der Waals surface area contributed by atoms with Crippen LogP contribution in [0, 0.1) is 11.3 Å². The van der Waals surface area contributed by atoms with Gasteiger partial charge in [-0.05, 0) is 54.4 Å². The first-order chi connectivity index (χ1) is 16.7. The van der Waals surface area contributed by atoms with Crippen LogP contribution < -0.4 is 10.6 Å². The van der Waals surface area contributed by atoms with Gasteiger partial charge in [-0.3, -0.25) is 4.79 Å². The minimum atomic E-state index is -1.05. The molecule has 0 saturated heterocycles. The largest absolute Gasteiger partial charge is 0.480 e.